The normalized spacial score (nSPS) is 11.5. The van der Waals surface area contributed by atoms with E-state index in [1.807, 2.05) is 50.5 Å². The Morgan fingerprint density at radius 2 is 1.91 bits per heavy atom. The van der Waals surface area contributed by atoms with E-state index in [9.17, 15) is 4.79 Å². The molecule has 6 nitrogen and oxygen atoms in total. The fourth-order valence-corrected chi connectivity index (χ4v) is 1.83. The van der Waals surface area contributed by atoms with Crippen LogP contribution in [0.3, 0.4) is 0 Å². The molecule has 2 amide bonds. The second-order valence-corrected chi connectivity index (χ2v) is 6.29. The first-order valence-corrected chi connectivity index (χ1v) is 7.58. The van der Waals surface area contributed by atoms with E-state index in [2.05, 4.69) is 34.5 Å². The van der Waals surface area contributed by atoms with Crippen LogP contribution in [0.4, 0.5) is 4.79 Å². The molecule has 0 unspecified atom stereocenters. The second kappa shape index (κ2) is 7.28. The van der Waals surface area contributed by atoms with Gasteiger partial charge in [0.2, 0.25) is 0 Å². The minimum Gasteiger partial charge on any atom is -0.359 e. The third kappa shape index (κ3) is 4.82. The van der Waals surface area contributed by atoms with Crippen LogP contribution in [0.25, 0.3) is 11.3 Å². The van der Waals surface area contributed by atoms with Crippen LogP contribution in [-0.4, -0.2) is 42.3 Å². The maximum atomic E-state index is 11.9. The molecule has 2 N–H and O–H groups in total. The monoisotopic (exact) mass is 316 g/mol. The van der Waals surface area contributed by atoms with Gasteiger partial charge in [0.15, 0.2) is 5.76 Å². The van der Waals surface area contributed by atoms with Gasteiger partial charge in [0.05, 0.1) is 6.54 Å². The van der Waals surface area contributed by atoms with Crippen molar-refractivity contribution >= 4 is 6.03 Å². The first-order valence-electron chi connectivity index (χ1n) is 7.58. The topological polar surface area (TPSA) is 70.4 Å². The van der Waals surface area contributed by atoms with Gasteiger partial charge in [-0.3, -0.25) is 0 Å². The van der Waals surface area contributed by atoms with E-state index in [1.54, 1.807) is 0 Å². The fraction of sp³-hybridized carbons (Fsp3) is 0.412. The molecule has 0 aliphatic rings. The van der Waals surface area contributed by atoms with Crippen molar-refractivity contribution in [1.29, 1.82) is 0 Å². The Bertz CT molecular complexity index is 635. The standard InChI is InChI=1S/C17H24N4O2/c1-17(2,21(3)4)12-19-16(22)18-11-14-10-15(20-23-14)13-8-6-5-7-9-13/h5-10H,11-12H2,1-4H3,(H2,18,19,22). The van der Waals surface area contributed by atoms with Gasteiger partial charge >= 0.3 is 6.03 Å². The van der Waals surface area contributed by atoms with Crippen molar-refractivity contribution < 1.29 is 9.32 Å². The molecule has 0 saturated heterocycles. The molecule has 0 saturated carbocycles. The minimum atomic E-state index is -0.224. The van der Waals surface area contributed by atoms with E-state index in [1.165, 1.54) is 0 Å². The lowest BCUT2D eigenvalue weighted by Gasteiger charge is -2.32. The van der Waals surface area contributed by atoms with Crippen molar-refractivity contribution in [2.45, 2.75) is 25.9 Å². The lowest BCUT2D eigenvalue weighted by atomic mass is 10.1. The highest BCUT2D eigenvalue weighted by atomic mass is 16.5. The summed E-state index contributed by atoms with van der Waals surface area (Å²) in [4.78, 5) is 13.9. The fourth-order valence-electron chi connectivity index (χ4n) is 1.83. The van der Waals surface area contributed by atoms with Crippen LogP contribution in [0, 0.1) is 0 Å². The molecule has 0 spiro atoms. The number of likely N-dealkylation sites (N-methyl/N-ethyl adjacent to an activating group) is 1. The van der Waals surface area contributed by atoms with Gasteiger partial charge in [0, 0.05) is 23.7 Å². The molecule has 124 valence electrons. The van der Waals surface area contributed by atoms with Gasteiger partial charge < -0.3 is 20.1 Å². The first-order chi connectivity index (χ1) is 10.9. The van der Waals surface area contributed by atoms with E-state index >= 15 is 0 Å². The van der Waals surface area contributed by atoms with Gasteiger partial charge in [-0.2, -0.15) is 0 Å². The largest absolute Gasteiger partial charge is 0.359 e. The molecule has 2 aromatic rings. The zero-order chi connectivity index (χ0) is 16.9. The number of rotatable bonds is 6. The zero-order valence-corrected chi connectivity index (χ0v) is 14.1. The van der Waals surface area contributed by atoms with Crippen LogP contribution in [0.2, 0.25) is 0 Å². The molecule has 0 aliphatic heterocycles. The molecule has 0 radical (unpaired) electrons. The number of hydrogen-bond acceptors (Lipinski definition) is 4. The van der Waals surface area contributed by atoms with Gasteiger partial charge in [-0.05, 0) is 27.9 Å². The summed E-state index contributed by atoms with van der Waals surface area (Å²) in [5, 5.41) is 9.65. The molecule has 0 atom stereocenters. The third-order valence-corrected chi connectivity index (χ3v) is 3.94. The highest BCUT2D eigenvalue weighted by Gasteiger charge is 2.21. The molecular weight excluding hydrogens is 292 g/mol. The van der Waals surface area contributed by atoms with Crippen molar-refractivity contribution in [3.8, 4) is 11.3 Å². The molecular formula is C17H24N4O2. The Hall–Kier alpha value is -2.34. The summed E-state index contributed by atoms with van der Waals surface area (Å²) in [6, 6.07) is 11.4. The summed E-state index contributed by atoms with van der Waals surface area (Å²) in [7, 11) is 3.97. The van der Waals surface area contributed by atoms with Gasteiger partial charge in [0.1, 0.15) is 5.69 Å². The Labute approximate surface area is 136 Å². The summed E-state index contributed by atoms with van der Waals surface area (Å²) in [5.74, 6) is 0.617. The number of urea groups is 1. The summed E-state index contributed by atoms with van der Waals surface area (Å²) in [6.07, 6.45) is 0. The number of hydrogen-bond donors (Lipinski definition) is 2. The number of carbonyl (C=O) groups excluding carboxylic acids is 1. The molecule has 1 aromatic heterocycles. The summed E-state index contributed by atoms with van der Waals surface area (Å²) < 4.78 is 5.25. The first kappa shape index (κ1) is 17.0. The van der Waals surface area contributed by atoms with Crippen LogP contribution >= 0.6 is 0 Å². The Morgan fingerprint density at radius 1 is 1.22 bits per heavy atom. The number of nitrogens with zero attached hydrogens (tertiary/aromatic N) is 2. The number of amides is 2. The lowest BCUT2D eigenvalue weighted by molar-refractivity contribution is 0.186. The van der Waals surface area contributed by atoms with Crippen LogP contribution in [0.1, 0.15) is 19.6 Å². The highest BCUT2D eigenvalue weighted by molar-refractivity contribution is 5.73. The van der Waals surface area contributed by atoms with Gasteiger partial charge in [-0.25, -0.2) is 4.79 Å². The van der Waals surface area contributed by atoms with E-state index in [0.717, 1.165) is 11.3 Å². The zero-order valence-electron chi connectivity index (χ0n) is 14.1. The number of nitrogens with one attached hydrogen (secondary N) is 2. The predicted molar refractivity (Wildman–Crippen MR) is 89.9 cm³/mol. The summed E-state index contributed by atoms with van der Waals surface area (Å²) in [6.45, 7) is 4.98. The van der Waals surface area contributed by atoms with Crippen molar-refractivity contribution in [2.24, 2.45) is 0 Å². The maximum Gasteiger partial charge on any atom is 0.315 e. The maximum absolute atomic E-state index is 11.9. The second-order valence-electron chi connectivity index (χ2n) is 6.29. The van der Waals surface area contributed by atoms with Crippen LogP contribution in [-0.2, 0) is 6.54 Å². The highest BCUT2D eigenvalue weighted by Crippen LogP contribution is 2.18. The SMILES string of the molecule is CN(C)C(C)(C)CNC(=O)NCc1cc(-c2ccccc2)no1. The van der Waals surface area contributed by atoms with Gasteiger partial charge in [0.25, 0.3) is 0 Å². The van der Waals surface area contributed by atoms with Crippen molar-refractivity contribution in [1.82, 2.24) is 20.7 Å². The average molecular weight is 316 g/mol. The molecule has 0 aliphatic carbocycles. The van der Waals surface area contributed by atoms with Gasteiger partial charge in [-0.15, -0.1) is 0 Å². The van der Waals surface area contributed by atoms with E-state index in [4.69, 9.17) is 4.52 Å². The van der Waals surface area contributed by atoms with E-state index in [0.29, 0.717) is 18.8 Å². The van der Waals surface area contributed by atoms with Crippen LogP contribution in [0.15, 0.2) is 40.9 Å². The van der Waals surface area contributed by atoms with E-state index in [-0.39, 0.29) is 11.6 Å². The van der Waals surface area contributed by atoms with Gasteiger partial charge in [-0.1, -0.05) is 35.5 Å². The number of benzene rings is 1. The average Bonchev–Trinajstić information content (AvgIpc) is 3.01. The van der Waals surface area contributed by atoms with Crippen molar-refractivity contribution in [2.75, 3.05) is 20.6 Å². The minimum absolute atomic E-state index is 0.107. The Balaban J connectivity index is 1.82. The quantitative estimate of drug-likeness (QED) is 0.859. The Morgan fingerprint density at radius 3 is 2.57 bits per heavy atom. The molecule has 0 fully saturated rings. The molecule has 0 bridgehead atoms. The molecule has 1 aromatic carbocycles. The molecule has 6 heteroatoms. The summed E-state index contributed by atoms with van der Waals surface area (Å²) in [5.41, 5.74) is 1.64. The third-order valence-electron chi connectivity index (χ3n) is 3.94. The molecule has 1 heterocycles. The van der Waals surface area contributed by atoms with Crippen LogP contribution in [0.5, 0.6) is 0 Å². The molecule has 23 heavy (non-hydrogen) atoms. The Kier molecular flexibility index (Phi) is 5.39. The van der Waals surface area contributed by atoms with Crippen molar-refractivity contribution in [3.05, 3.63) is 42.2 Å². The van der Waals surface area contributed by atoms with Crippen molar-refractivity contribution in [3.63, 3.8) is 0 Å². The van der Waals surface area contributed by atoms with Crippen LogP contribution < -0.4 is 10.6 Å². The smallest absolute Gasteiger partial charge is 0.315 e. The molecule has 2 rings (SSSR count). The predicted octanol–water partition coefficient (Wildman–Crippen LogP) is 2.48. The number of aromatic nitrogens is 1. The number of carbonyl (C=O) groups is 1. The van der Waals surface area contributed by atoms with E-state index < -0.39 is 0 Å². The summed E-state index contributed by atoms with van der Waals surface area (Å²) >= 11 is 0. The lowest BCUT2D eigenvalue weighted by Crippen LogP contribution is -2.50.